The summed E-state index contributed by atoms with van der Waals surface area (Å²) >= 11 is 7.48. The number of halogens is 2. The van der Waals surface area contributed by atoms with Crippen LogP contribution in [0.1, 0.15) is 18.1 Å². The van der Waals surface area contributed by atoms with Gasteiger partial charge >= 0.3 is 0 Å². The summed E-state index contributed by atoms with van der Waals surface area (Å²) in [5, 5.41) is 3.15. The van der Waals surface area contributed by atoms with Crippen molar-refractivity contribution in [2.24, 2.45) is 0 Å². The zero-order valence-electron chi connectivity index (χ0n) is 12.9. The van der Waals surface area contributed by atoms with Gasteiger partial charge in [-0.15, -0.1) is 11.8 Å². The SMILES string of the molecule is CC(SCc1ccc(F)cc1Cl)C(=O)NCCc1ccccc1. The van der Waals surface area contributed by atoms with Crippen LogP contribution in [0.25, 0.3) is 0 Å². The number of rotatable bonds is 7. The van der Waals surface area contributed by atoms with Gasteiger partial charge < -0.3 is 5.32 Å². The summed E-state index contributed by atoms with van der Waals surface area (Å²) in [6.45, 7) is 2.48. The highest BCUT2D eigenvalue weighted by molar-refractivity contribution is 7.99. The molecule has 5 heteroatoms. The van der Waals surface area contributed by atoms with Crippen molar-refractivity contribution >= 4 is 29.3 Å². The van der Waals surface area contributed by atoms with Crippen LogP contribution in [0.4, 0.5) is 4.39 Å². The minimum atomic E-state index is -0.351. The Labute approximate surface area is 145 Å². The van der Waals surface area contributed by atoms with Crippen LogP contribution in [0.2, 0.25) is 5.02 Å². The van der Waals surface area contributed by atoms with Gasteiger partial charge in [0.15, 0.2) is 0 Å². The first-order chi connectivity index (χ1) is 11.1. The van der Waals surface area contributed by atoms with Gasteiger partial charge in [0.2, 0.25) is 5.91 Å². The Bertz CT molecular complexity index is 651. The van der Waals surface area contributed by atoms with Gasteiger partial charge in [-0.2, -0.15) is 0 Å². The Morgan fingerprint density at radius 3 is 2.70 bits per heavy atom. The number of hydrogen-bond acceptors (Lipinski definition) is 2. The van der Waals surface area contributed by atoms with E-state index in [0.717, 1.165) is 12.0 Å². The van der Waals surface area contributed by atoms with Crippen LogP contribution in [0.3, 0.4) is 0 Å². The third-order valence-corrected chi connectivity index (χ3v) is 4.97. The van der Waals surface area contributed by atoms with Crippen molar-refractivity contribution in [1.29, 1.82) is 0 Å². The minimum Gasteiger partial charge on any atom is -0.355 e. The molecular weight excluding hydrogens is 333 g/mol. The van der Waals surface area contributed by atoms with E-state index in [0.29, 0.717) is 17.3 Å². The third kappa shape index (κ3) is 5.88. The maximum atomic E-state index is 13.0. The summed E-state index contributed by atoms with van der Waals surface area (Å²) in [5.74, 6) is 0.228. The molecule has 1 amide bonds. The van der Waals surface area contributed by atoms with Crippen molar-refractivity contribution < 1.29 is 9.18 Å². The number of carbonyl (C=O) groups excluding carboxylic acids is 1. The maximum Gasteiger partial charge on any atom is 0.232 e. The van der Waals surface area contributed by atoms with Crippen LogP contribution in [0.15, 0.2) is 48.5 Å². The van der Waals surface area contributed by atoms with E-state index in [1.807, 2.05) is 37.3 Å². The topological polar surface area (TPSA) is 29.1 Å². The first-order valence-corrected chi connectivity index (χ1v) is 8.86. The van der Waals surface area contributed by atoms with Gasteiger partial charge in [0.25, 0.3) is 0 Å². The molecule has 2 rings (SSSR count). The van der Waals surface area contributed by atoms with Gasteiger partial charge in [-0.05, 0) is 36.6 Å². The van der Waals surface area contributed by atoms with Crippen LogP contribution >= 0.6 is 23.4 Å². The number of thioether (sulfide) groups is 1. The van der Waals surface area contributed by atoms with Crippen LogP contribution in [0.5, 0.6) is 0 Å². The van der Waals surface area contributed by atoms with Gasteiger partial charge in [-0.3, -0.25) is 4.79 Å². The lowest BCUT2D eigenvalue weighted by Crippen LogP contribution is -2.32. The smallest absolute Gasteiger partial charge is 0.232 e. The Morgan fingerprint density at radius 1 is 1.26 bits per heavy atom. The Morgan fingerprint density at radius 2 is 2.00 bits per heavy atom. The number of benzene rings is 2. The van der Waals surface area contributed by atoms with E-state index in [1.54, 1.807) is 6.07 Å². The van der Waals surface area contributed by atoms with E-state index in [1.165, 1.54) is 29.5 Å². The van der Waals surface area contributed by atoms with Crippen LogP contribution < -0.4 is 5.32 Å². The summed E-state index contributed by atoms with van der Waals surface area (Å²) < 4.78 is 13.0. The molecule has 1 atom stereocenters. The molecule has 0 radical (unpaired) electrons. The Kier molecular flexibility index (Phi) is 6.93. The average Bonchev–Trinajstić information content (AvgIpc) is 2.54. The van der Waals surface area contributed by atoms with Gasteiger partial charge in [0.05, 0.1) is 5.25 Å². The fourth-order valence-electron chi connectivity index (χ4n) is 2.05. The lowest BCUT2D eigenvalue weighted by atomic mass is 10.1. The molecule has 2 aromatic carbocycles. The zero-order chi connectivity index (χ0) is 16.7. The Balaban J connectivity index is 1.74. The zero-order valence-corrected chi connectivity index (χ0v) is 14.5. The fraction of sp³-hybridized carbons (Fsp3) is 0.278. The second-order valence-electron chi connectivity index (χ2n) is 5.22. The third-order valence-electron chi connectivity index (χ3n) is 3.43. The maximum absolute atomic E-state index is 13.0. The average molecular weight is 352 g/mol. The normalized spacial score (nSPS) is 12.0. The standard InChI is InChI=1S/C18H19ClFNOS/c1-13(23-12-15-7-8-16(20)11-17(15)19)18(22)21-10-9-14-5-3-2-4-6-14/h2-8,11,13H,9-10,12H2,1H3,(H,21,22). The predicted molar refractivity (Wildman–Crippen MR) is 95.3 cm³/mol. The van der Waals surface area contributed by atoms with Gasteiger partial charge in [-0.25, -0.2) is 4.39 Å². The van der Waals surface area contributed by atoms with Crippen molar-refractivity contribution in [2.45, 2.75) is 24.3 Å². The van der Waals surface area contributed by atoms with Crippen molar-refractivity contribution in [3.8, 4) is 0 Å². The van der Waals surface area contributed by atoms with E-state index >= 15 is 0 Å². The minimum absolute atomic E-state index is 0.00386. The van der Waals surface area contributed by atoms with Gasteiger partial charge in [0, 0.05) is 17.3 Å². The highest BCUT2D eigenvalue weighted by atomic mass is 35.5. The second-order valence-corrected chi connectivity index (χ2v) is 6.95. The molecule has 1 unspecified atom stereocenters. The quantitative estimate of drug-likeness (QED) is 0.798. The van der Waals surface area contributed by atoms with Crippen LogP contribution in [-0.4, -0.2) is 17.7 Å². The highest BCUT2D eigenvalue weighted by Gasteiger charge is 2.14. The number of hydrogen-bond donors (Lipinski definition) is 1. The van der Waals surface area contributed by atoms with E-state index in [-0.39, 0.29) is 17.0 Å². The first kappa shape index (κ1) is 17.8. The molecular formula is C18H19ClFNOS. The van der Waals surface area contributed by atoms with Crippen molar-refractivity contribution in [3.63, 3.8) is 0 Å². The van der Waals surface area contributed by atoms with E-state index in [9.17, 15) is 9.18 Å². The van der Waals surface area contributed by atoms with Gasteiger partial charge in [0.1, 0.15) is 5.82 Å². The number of nitrogens with one attached hydrogen (secondary N) is 1. The molecule has 122 valence electrons. The van der Waals surface area contributed by atoms with E-state index in [4.69, 9.17) is 11.6 Å². The molecule has 0 aliphatic heterocycles. The predicted octanol–water partition coefficient (Wildman–Crippen LogP) is 4.46. The summed E-state index contributed by atoms with van der Waals surface area (Å²) in [7, 11) is 0. The molecule has 2 aromatic rings. The van der Waals surface area contributed by atoms with E-state index < -0.39 is 0 Å². The van der Waals surface area contributed by atoms with Crippen molar-refractivity contribution in [2.75, 3.05) is 6.54 Å². The Hall–Kier alpha value is -1.52. The number of amides is 1. The first-order valence-electron chi connectivity index (χ1n) is 7.43. The summed E-state index contributed by atoms with van der Waals surface area (Å²) in [6, 6.07) is 14.4. The molecule has 0 heterocycles. The molecule has 0 saturated carbocycles. The molecule has 0 aromatic heterocycles. The molecule has 0 spiro atoms. The van der Waals surface area contributed by atoms with Crippen molar-refractivity contribution in [1.82, 2.24) is 5.32 Å². The lowest BCUT2D eigenvalue weighted by Gasteiger charge is -2.12. The fourth-order valence-corrected chi connectivity index (χ4v) is 3.28. The summed E-state index contributed by atoms with van der Waals surface area (Å²) in [5.41, 5.74) is 2.04. The van der Waals surface area contributed by atoms with Crippen LogP contribution in [0, 0.1) is 5.82 Å². The molecule has 2 nitrogen and oxygen atoms in total. The molecule has 0 aliphatic carbocycles. The van der Waals surface area contributed by atoms with E-state index in [2.05, 4.69) is 5.32 Å². The molecule has 0 fully saturated rings. The van der Waals surface area contributed by atoms with Crippen LogP contribution in [-0.2, 0) is 17.0 Å². The molecule has 0 saturated heterocycles. The molecule has 23 heavy (non-hydrogen) atoms. The number of carbonyl (C=O) groups is 1. The largest absolute Gasteiger partial charge is 0.355 e. The van der Waals surface area contributed by atoms with Crippen molar-refractivity contribution in [3.05, 3.63) is 70.5 Å². The molecule has 0 bridgehead atoms. The summed E-state index contributed by atoms with van der Waals surface area (Å²) in [6.07, 6.45) is 0.813. The lowest BCUT2D eigenvalue weighted by molar-refractivity contribution is -0.120. The summed E-state index contributed by atoms with van der Waals surface area (Å²) in [4.78, 5) is 12.1. The highest BCUT2D eigenvalue weighted by Crippen LogP contribution is 2.24. The second kappa shape index (κ2) is 8.94. The monoisotopic (exact) mass is 351 g/mol. The van der Waals surface area contributed by atoms with Gasteiger partial charge in [-0.1, -0.05) is 48.0 Å². The molecule has 1 N–H and O–H groups in total. The molecule has 0 aliphatic rings.